The fraction of sp³-hybridized carbons (Fsp3) is 0.188. The molecule has 3 nitrogen and oxygen atoms in total. The van der Waals surface area contributed by atoms with Crippen LogP contribution in [0.1, 0.15) is 15.2 Å². The number of halogens is 1. The molecule has 0 spiro atoms. The van der Waals surface area contributed by atoms with Crippen LogP contribution in [0, 0.1) is 18.8 Å². The first-order valence-electron chi connectivity index (χ1n) is 6.33. The van der Waals surface area contributed by atoms with Gasteiger partial charge in [-0.25, -0.2) is 0 Å². The number of nitrogens with one attached hydrogen (secondary N) is 1. The minimum atomic E-state index is -0.102. The highest BCUT2D eigenvalue weighted by Crippen LogP contribution is 2.22. The number of carbonyl (C=O) groups excluding carboxylic acids is 1. The Kier molecular flexibility index (Phi) is 5.68. The molecule has 1 aromatic heterocycles. The Morgan fingerprint density at radius 3 is 2.90 bits per heavy atom. The number of hydrogen-bond donors (Lipinski definition) is 1. The Labute approximate surface area is 132 Å². The molecule has 2 rings (SSSR count). The number of benzene rings is 1. The van der Waals surface area contributed by atoms with Crippen LogP contribution >= 0.6 is 22.9 Å². The second kappa shape index (κ2) is 7.72. The maximum atomic E-state index is 11.7. The van der Waals surface area contributed by atoms with Crippen molar-refractivity contribution in [3.8, 4) is 17.6 Å². The van der Waals surface area contributed by atoms with Gasteiger partial charge in [-0.3, -0.25) is 4.79 Å². The average Bonchev–Trinajstić information content (AvgIpc) is 2.91. The number of hydrogen-bond acceptors (Lipinski definition) is 3. The number of amides is 1. The van der Waals surface area contributed by atoms with E-state index in [-0.39, 0.29) is 12.5 Å². The van der Waals surface area contributed by atoms with Gasteiger partial charge in [0, 0.05) is 0 Å². The van der Waals surface area contributed by atoms with E-state index in [2.05, 4.69) is 17.2 Å². The maximum Gasteiger partial charge on any atom is 0.262 e. The van der Waals surface area contributed by atoms with Crippen molar-refractivity contribution in [3.05, 3.63) is 51.2 Å². The highest BCUT2D eigenvalue weighted by molar-refractivity contribution is 7.12. The van der Waals surface area contributed by atoms with Crippen LogP contribution in [0.5, 0.6) is 5.75 Å². The number of carbonyl (C=O) groups is 1. The summed E-state index contributed by atoms with van der Waals surface area (Å²) >= 11 is 7.37. The zero-order chi connectivity index (χ0) is 15.1. The molecule has 0 fully saturated rings. The first-order valence-corrected chi connectivity index (χ1v) is 7.59. The third-order valence-electron chi connectivity index (χ3n) is 2.55. The van der Waals surface area contributed by atoms with E-state index in [0.717, 1.165) is 5.56 Å². The van der Waals surface area contributed by atoms with Gasteiger partial charge >= 0.3 is 0 Å². The lowest BCUT2D eigenvalue weighted by Crippen LogP contribution is -2.22. The summed E-state index contributed by atoms with van der Waals surface area (Å²) in [4.78, 5) is 12.4. The zero-order valence-corrected chi connectivity index (χ0v) is 13.1. The van der Waals surface area contributed by atoms with E-state index in [1.54, 1.807) is 12.1 Å². The van der Waals surface area contributed by atoms with Gasteiger partial charge in [-0.1, -0.05) is 35.6 Å². The largest absolute Gasteiger partial charge is 0.479 e. The Bertz CT molecular complexity index is 685. The van der Waals surface area contributed by atoms with Gasteiger partial charge in [-0.15, -0.1) is 11.3 Å². The predicted molar refractivity (Wildman–Crippen MR) is 86.1 cm³/mol. The summed E-state index contributed by atoms with van der Waals surface area (Å²) < 4.78 is 5.42. The topological polar surface area (TPSA) is 38.3 Å². The maximum absolute atomic E-state index is 11.7. The molecule has 0 aliphatic heterocycles. The number of thiophene rings is 1. The summed E-state index contributed by atoms with van der Waals surface area (Å²) in [6, 6.07) is 9.08. The summed E-state index contributed by atoms with van der Waals surface area (Å²) in [5.74, 6) is 6.17. The Balaban J connectivity index is 1.72. The van der Waals surface area contributed by atoms with Crippen LogP contribution in [0.4, 0.5) is 0 Å². The van der Waals surface area contributed by atoms with E-state index in [1.807, 2.05) is 30.5 Å². The molecule has 0 saturated heterocycles. The van der Waals surface area contributed by atoms with Crippen molar-refractivity contribution in [2.75, 3.05) is 13.2 Å². The van der Waals surface area contributed by atoms with E-state index in [9.17, 15) is 4.79 Å². The van der Waals surface area contributed by atoms with Crippen LogP contribution in [0.15, 0.2) is 35.7 Å². The van der Waals surface area contributed by atoms with Crippen LogP contribution < -0.4 is 10.1 Å². The molecule has 108 valence electrons. The summed E-state index contributed by atoms with van der Waals surface area (Å²) in [5.41, 5.74) is 1.09. The van der Waals surface area contributed by atoms with Gasteiger partial charge in [0.25, 0.3) is 5.91 Å². The normalized spacial score (nSPS) is 9.62. The van der Waals surface area contributed by atoms with Crippen molar-refractivity contribution >= 4 is 28.8 Å². The lowest BCUT2D eigenvalue weighted by Gasteiger charge is -2.03. The van der Waals surface area contributed by atoms with Gasteiger partial charge in [0.2, 0.25) is 0 Å². The summed E-state index contributed by atoms with van der Waals surface area (Å²) in [7, 11) is 0. The van der Waals surface area contributed by atoms with Crippen molar-refractivity contribution in [2.24, 2.45) is 0 Å². The van der Waals surface area contributed by atoms with Crippen molar-refractivity contribution < 1.29 is 9.53 Å². The number of rotatable bonds is 4. The van der Waals surface area contributed by atoms with Gasteiger partial charge in [0.1, 0.15) is 12.4 Å². The van der Waals surface area contributed by atoms with Crippen molar-refractivity contribution in [1.29, 1.82) is 0 Å². The van der Waals surface area contributed by atoms with Gasteiger partial charge in [0.15, 0.2) is 0 Å². The molecule has 2 aromatic rings. The third-order valence-corrected chi connectivity index (χ3v) is 3.91. The lowest BCUT2D eigenvalue weighted by molar-refractivity contribution is 0.0962. The third kappa shape index (κ3) is 4.82. The van der Waals surface area contributed by atoms with E-state index < -0.39 is 0 Å². The highest BCUT2D eigenvalue weighted by atomic mass is 35.5. The molecule has 0 atom stereocenters. The minimum absolute atomic E-state index is 0.102. The first kappa shape index (κ1) is 15.4. The first-order chi connectivity index (χ1) is 10.2. The molecule has 0 radical (unpaired) electrons. The molecule has 21 heavy (non-hydrogen) atoms. The monoisotopic (exact) mass is 319 g/mol. The fourth-order valence-electron chi connectivity index (χ4n) is 1.55. The summed E-state index contributed by atoms with van der Waals surface area (Å²) in [5, 5.41) is 5.24. The minimum Gasteiger partial charge on any atom is -0.479 e. The highest BCUT2D eigenvalue weighted by Gasteiger charge is 2.05. The van der Waals surface area contributed by atoms with Crippen LogP contribution in [0.3, 0.4) is 0 Å². The number of aryl methyl sites for hydroxylation is 1. The molecule has 1 N–H and O–H groups in total. The Hall–Kier alpha value is -1.96. The molecule has 1 heterocycles. The van der Waals surface area contributed by atoms with Crippen molar-refractivity contribution in [2.45, 2.75) is 6.92 Å². The number of para-hydroxylation sites is 1. The zero-order valence-electron chi connectivity index (χ0n) is 11.5. The summed E-state index contributed by atoms with van der Waals surface area (Å²) in [6.45, 7) is 2.48. The fourth-order valence-corrected chi connectivity index (χ4v) is 2.56. The Morgan fingerprint density at radius 1 is 1.38 bits per heavy atom. The molecule has 0 saturated carbocycles. The van der Waals surface area contributed by atoms with Gasteiger partial charge < -0.3 is 10.1 Å². The molecule has 0 aliphatic rings. The van der Waals surface area contributed by atoms with E-state index in [1.165, 1.54) is 11.3 Å². The Morgan fingerprint density at radius 2 is 2.19 bits per heavy atom. The van der Waals surface area contributed by atoms with Crippen LogP contribution in [-0.2, 0) is 0 Å². The lowest BCUT2D eigenvalue weighted by atomic mass is 10.3. The molecule has 1 amide bonds. The summed E-state index contributed by atoms with van der Waals surface area (Å²) in [6.07, 6.45) is 0. The second-order valence-electron chi connectivity index (χ2n) is 4.24. The van der Waals surface area contributed by atoms with E-state index >= 15 is 0 Å². The van der Waals surface area contributed by atoms with Crippen molar-refractivity contribution in [1.82, 2.24) is 5.32 Å². The van der Waals surface area contributed by atoms with Gasteiger partial charge in [-0.2, -0.15) is 0 Å². The van der Waals surface area contributed by atoms with Crippen LogP contribution in [0.25, 0.3) is 0 Å². The molecule has 0 bridgehead atoms. The quantitative estimate of drug-likeness (QED) is 0.876. The molecule has 5 heteroatoms. The molecule has 1 aromatic carbocycles. The molecular weight excluding hydrogens is 306 g/mol. The van der Waals surface area contributed by atoms with Crippen molar-refractivity contribution in [3.63, 3.8) is 0 Å². The van der Waals surface area contributed by atoms with E-state index in [4.69, 9.17) is 16.3 Å². The van der Waals surface area contributed by atoms with Gasteiger partial charge in [-0.05, 0) is 36.1 Å². The van der Waals surface area contributed by atoms with Gasteiger partial charge in [0.05, 0.1) is 16.4 Å². The second-order valence-corrected chi connectivity index (χ2v) is 5.56. The van der Waals surface area contributed by atoms with Crippen LogP contribution in [-0.4, -0.2) is 19.1 Å². The average molecular weight is 320 g/mol. The smallest absolute Gasteiger partial charge is 0.262 e. The van der Waals surface area contributed by atoms with E-state index in [0.29, 0.717) is 22.2 Å². The standard InChI is InChI=1S/C16H14ClNO2S/c1-12-10-15(21-11-12)16(19)18-8-4-5-9-20-14-7-3-2-6-13(14)17/h2-3,6-7,10-11H,8-9H2,1H3,(H,18,19). The molecular formula is C16H14ClNO2S. The SMILES string of the molecule is Cc1csc(C(=O)NCC#CCOc2ccccc2Cl)c1. The molecule has 0 unspecified atom stereocenters. The van der Waals surface area contributed by atoms with Crippen LogP contribution in [0.2, 0.25) is 5.02 Å². The predicted octanol–water partition coefficient (Wildman–Crippen LogP) is 3.52. The number of ether oxygens (including phenoxy) is 1. The molecule has 0 aliphatic carbocycles.